The van der Waals surface area contributed by atoms with Gasteiger partial charge in [-0.15, -0.1) is 0 Å². The number of anilines is 1. The minimum absolute atomic E-state index is 0.167. The smallest absolute Gasteiger partial charge is 0.223 e. The van der Waals surface area contributed by atoms with Crippen LogP contribution in [-0.4, -0.2) is 67.6 Å². The molecular formula is C19H30N4O. The lowest BCUT2D eigenvalue weighted by atomic mass is 10.1. The number of hydrogen-bond acceptors (Lipinski definition) is 4. The molecule has 1 aromatic rings. The fourth-order valence-electron chi connectivity index (χ4n) is 3.70. The van der Waals surface area contributed by atoms with Gasteiger partial charge < -0.3 is 15.5 Å². The number of piperidine rings is 1. The van der Waals surface area contributed by atoms with Gasteiger partial charge >= 0.3 is 0 Å². The SMILES string of the molecule is Cc1cccc(N2CCN(CCC(=O)N3CCCC(N)C3)CC2)c1. The van der Waals surface area contributed by atoms with Crippen molar-refractivity contribution in [2.24, 2.45) is 5.73 Å². The summed E-state index contributed by atoms with van der Waals surface area (Å²) in [5.74, 6) is 0.270. The van der Waals surface area contributed by atoms with Gasteiger partial charge in [0.05, 0.1) is 0 Å². The second-order valence-electron chi connectivity index (χ2n) is 7.16. The lowest BCUT2D eigenvalue weighted by molar-refractivity contribution is -0.132. The van der Waals surface area contributed by atoms with Crippen molar-refractivity contribution < 1.29 is 4.79 Å². The van der Waals surface area contributed by atoms with Crippen LogP contribution < -0.4 is 10.6 Å². The molecule has 24 heavy (non-hydrogen) atoms. The molecule has 2 saturated heterocycles. The monoisotopic (exact) mass is 330 g/mol. The van der Waals surface area contributed by atoms with Crippen LogP contribution in [0.2, 0.25) is 0 Å². The standard InChI is InChI=1S/C19H30N4O/c1-16-4-2-6-18(14-16)22-12-10-21(11-13-22)9-7-19(24)23-8-3-5-17(20)15-23/h2,4,6,14,17H,3,5,7-13,15,20H2,1H3. The van der Waals surface area contributed by atoms with E-state index in [1.165, 1.54) is 11.3 Å². The van der Waals surface area contributed by atoms with Gasteiger partial charge in [0.15, 0.2) is 0 Å². The Morgan fingerprint density at radius 3 is 2.71 bits per heavy atom. The first kappa shape index (κ1) is 17.2. The molecule has 0 radical (unpaired) electrons. The average Bonchev–Trinajstić information content (AvgIpc) is 2.60. The van der Waals surface area contributed by atoms with E-state index in [2.05, 4.69) is 41.0 Å². The number of carbonyl (C=O) groups excluding carboxylic acids is 1. The molecule has 1 atom stereocenters. The van der Waals surface area contributed by atoms with Crippen molar-refractivity contribution in [3.63, 3.8) is 0 Å². The van der Waals surface area contributed by atoms with Crippen LogP contribution in [0.25, 0.3) is 0 Å². The Balaban J connectivity index is 1.41. The number of amides is 1. The summed E-state index contributed by atoms with van der Waals surface area (Å²) in [6.45, 7) is 8.75. The minimum atomic E-state index is 0.167. The van der Waals surface area contributed by atoms with Crippen LogP contribution in [0, 0.1) is 6.92 Å². The molecule has 2 heterocycles. The first-order chi connectivity index (χ1) is 11.6. The maximum absolute atomic E-state index is 12.3. The highest BCUT2D eigenvalue weighted by Gasteiger charge is 2.23. The van der Waals surface area contributed by atoms with Crippen LogP contribution in [0.5, 0.6) is 0 Å². The zero-order chi connectivity index (χ0) is 16.9. The van der Waals surface area contributed by atoms with Crippen molar-refractivity contribution in [2.45, 2.75) is 32.2 Å². The lowest BCUT2D eigenvalue weighted by Crippen LogP contribution is -2.49. The van der Waals surface area contributed by atoms with Gasteiger partial charge in [0.25, 0.3) is 0 Å². The average molecular weight is 330 g/mol. The number of likely N-dealkylation sites (tertiary alicyclic amines) is 1. The lowest BCUT2D eigenvalue weighted by Gasteiger charge is -2.37. The van der Waals surface area contributed by atoms with Crippen LogP contribution in [0.4, 0.5) is 5.69 Å². The van der Waals surface area contributed by atoms with Gasteiger partial charge in [-0.3, -0.25) is 9.69 Å². The molecular weight excluding hydrogens is 300 g/mol. The number of nitrogens with two attached hydrogens (primary N) is 1. The zero-order valence-electron chi connectivity index (χ0n) is 14.8. The molecule has 3 rings (SSSR count). The van der Waals surface area contributed by atoms with Gasteiger partial charge in [0.1, 0.15) is 0 Å². The van der Waals surface area contributed by atoms with E-state index in [0.717, 1.165) is 58.7 Å². The summed E-state index contributed by atoms with van der Waals surface area (Å²) < 4.78 is 0. The molecule has 0 bridgehead atoms. The van der Waals surface area contributed by atoms with Crippen molar-refractivity contribution in [2.75, 3.05) is 50.7 Å². The summed E-state index contributed by atoms with van der Waals surface area (Å²) in [5.41, 5.74) is 8.59. The highest BCUT2D eigenvalue weighted by Crippen LogP contribution is 2.18. The molecule has 1 unspecified atom stereocenters. The molecule has 2 aliphatic rings. The van der Waals surface area contributed by atoms with E-state index >= 15 is 0 Å². The van der Waals surface area contributed by atoms with Crippen molar-refractivity contribution >= 4 is 11.6 Å². The van der Waals surface area contributed by atoms with Crippen LogP contribution in [0.3, 0.4) is 0 Å². The Morgan fingerprint density at radius 1 is 1.21 bits per heavy atom. The fourth-order valence-corrected chi connectivity index (χ4v) is 3.70. The summed E-state index contributed by atoms with van der Waals surface area (Å²) in [6.07, 6.45) is 2.71. The number of benzene rings is 1. The molecule has 2 N–H and O–H groups in total. The Kier molecular flexibility index (Phi) is 5.74. The Hall–Kier alpha value is -1.59. The first-order valence-corrected chi connectivity index (χ1v) is 9.19. The summed E-state index contributed by atoms with van der Waals surface area (Å²) in [7, 11) is 0. The highest BCUT2D eigenvalue weighted by atomic mass is 16.2. The molecule has 2 aliphatic heterocycles. The van der Waals surface area contributed by atoms with E-state index < -0.39 is 0 Å². The largest absolute Gasteiger partial charge is 0.369 e. The topological polar surface area (TPSA) is 52.8 Å². The third kappa shape index (κ3) is 4.48. The molecule has 0 aromatic heterocycles. The van der Waals surface area contributed by atoms with Gasteiger partial charge in [-0.1, -0.05) is 12.1 Å². The van der Waals surface area contributed by atoms with Crippen LogP contribution >= 0.6 is 0 Å². The number of carbonyl (C=O) groups is 1. The predicted molar refractivity (Wildman–Crippen MR) is 98.2 cm³/mol. The number of nitrogens with zero attached hydrogens (tertiary/aromatic N) is 3. The Bertz CT molecular complexity index is 554. The minimum Gasteiger partial charge on any atom is -0.369 e. The van der Waals surface area contributed by atoms with Crippen LogP contribution in [0.15, 0.2) is 24.3 Å². The fraction of sp³-hybridized carbons (Fsp3) is 0.632. The molecule has 0 spiro atoms. The summed E-state index contributed by atoms with van der Waals surface area (Å²) in [4.78, 5) is 19.1. The number of hydrogen-bond donors (Lipinski definition) is 1. The second-order valence-corrected chi connectivity index (χ2v) is 7.16. The molecule has 1 amide bonds. The normalized spacial score (nSPS) is 22.7. The van der Waals surface area contributed by atoms with E-state index in [4.69, 9.17) is 5.73 Å². The van der Waals surface area contributed by atoms with Crippen molar-refractivity contribution in [1.82, 2.24) is 9.80 Å². The summed E-state index contributed by atoms with van der Waals surface area (Å²) in [6, 6.07) is 8.86. The van der Waals surface area contributed by atoms with Gasteiger partial charge in [-0.05, 0) is 37.5 Å². The van der Waals surface area contributed by atoms with E-state index in [-0.39, 0.29) is 11.9 Å². The zero-order valence-corrected chi connectivity index (χ0v) is 14.8. The third-order valence-corrected chi connectivity index (χ3v) is 5.19. The summed E-state index contributed by atoms with van der Waals surface area (Å²) >= 11 is 0. The van der Waals surface area contributed by atoms with Crippen LogP contribution in [0.1, 0.15) is 24.8 Å². The van der Waals surface area contributed by atoms with Crippen molar-refractivity contribution in [3.8, 4) is 0 Å². The van der Waals surface area contributed by atoms with E-state index in [0.29, 0.717) is 6.42 Å². The number of rotatable bonds is 4. The van der Waals surface area contributed by atoms with E-state index in [9.17, 15) is 4.79 Å². The Labute approximate surface area is 145 Å². The van der Waals surface area contributed by atoms with Gasteiger partial charge in [-0.25, -0.2) is 0 Å². The molecule has 1 aromatic carbocycles. The molecule has 5 heteroatoms. The second kappa shape index (κ2) is 7.99. The highest BCUT2D eigenvalue weighted by molar-refractivity contribution is 5.76. The van der Waals surface area contributed by atoms with Crippen molar-refractivity contribution in [1.29, 1.82) is 0 Å². The number of aryl methyl sites for hydroxylation is 1. The molecule has 5 nitrogen and oxygen atoms in total. The molecule has 2 fully saturated rings. The third-order valence-electron chi connectivity index (χ3n) is 5.19. The maximum Gasteiger partial charge on any atom is 0.223 e. The Morgan fingerprint density at radius 2 is 2.00 bits per heavy atom. The first-order valence-electron chi connectivity index (χ1n) is 9.19. The van der Waals surface area contributed by atoms with Gasteiger partial charge in [-0.2, -0.15) is 0 Å². The van der Waals surface area contributed by atoms with E-state index in [1.54, 1.807) is 0 Å². The van der Waals surface area contributed by atoms with Crippen molar-refractivity contribution in [3.05, 3.63) is 29.8 Å². The van der Waals surface area contributed by atoms with E-state index in [1.807, 2.05) is 4.90 Å². The van der Waals surface area contributed by atoms with Gasteiger partial charge in [0, 0.05) is 64.0 Å². The summed E-state index contributed by atoms with van der Waals surface area (Å²) in [5, 5.41) is 0. The molecule has 0 aliphatic carbocycles. The van der Waals surface area contributed by atoms with Gasteiger partial charge in [0.2, 0.25) is 5.91 Å². The predicted octanol–water partition coefficient (Wildman–Crippen LogP) is 1.46. The molecule has 0 saturated carbocycles. The van der Waals surface area contributed by atoms with Crippen LogP contribution in [-0.2, 0) is 4.79 Å². The quantitative estimate of drug-likeness (QED) is 0.908. The molecule has 132 valence electrons. The maximum atomic E-state index is 12.3. The number of piperazine rings is 1.